The normalized spacial score (nSPS) is 13.1. The van der Waals surface area contributed by atoms with Crippen molar-refractivity contribution in [1.29, 1.82) is 0 Å². The number of benzene rings is 1. The zero-order valence-electron chi connectivity index (χ0n) is 24.7. The van der Waals surface area contributed by atoms with Gasteiger partial charge in [-0.3, -0.25) is 14.9 Å². The van der Waals surface area contributed by atoms with E-state index in [1.165, 1.54) is 17.8 Å². The number of aryl methyl sites for hydroxylation is 2. The van der Waals surface area contributed by atoms with Crippen LogP contribution in [0.1, 0.15) is 36.9 Å². The highest BCUT2D eigenvalue weighted by Gasteiger charge is 2.20. The molecule has 0 aliphatic carbocycles. The van der Waals surface area contributed by atoms with Crippen molar-refractivity contribution in [2.45, 2.75) is 44.6 Å². The van der Waals surface area contributed by atoms with E-state index in [1.807, 2.05) is 30.3 Å². The monoisotopic (exact) mass is 599 g/mol. The number of ether oxygens (including phenoxy) is 1. The largest absolute Gasteiger partial charge is 0.491 e. The van der Waals surface area contributed by atoms with Crippen molar-refractivity contribution in [1.82, 2.24) is 24.8 Å². The standard InChI is InChI=1S/C33H38FN7O3/c34-26-19-28(21-35-20-26)44-18-17-41(15-5-4-10-27-12-11-25-9-6-14-36-32(25)39-27)16-13-29(33(42)43)40-31-23-37-30(22-38-31)24-7-2-1-3-8-24/h1-3,7-8,11-12,19-23,29H,4-6,9-10,13-18H2,(H,36,39)(H,38,40)(H,42,43). The van der Waals surface area contributed by atoms with Crippen LogP contribution in [-0.4, -0.2) is 74.7 Å². The van der Waals surface area contributed by atoms with Crippen LogP contribution >= 0.6 is 0 Å². The molecule has 10 nitrogen and oxygen atoms in total. The maximum Gasteiger partial charge on any atom is 0.326 e. The number of unbranched alkanes of at least 4 members (excludes halogenated alkanes) is 1. The Morgan fingerprint density at radius 3 is 2.73 bits per heavy atom. The number of hydrogen-bond acceptors (Lipinski definition) is 9. The number of fused-ring (bicyclic) bond motifs is 1. The van der Waals surface area contributed by atoms with E-state index in [2.05, 4.69) is 42.6 Å². The van der Waals surface area contributed by atoms with Crippen LogP contribution < -0.4 is 15.4 Å². The molecule has 1 aliphatic rings. The predicted molar refractivity (Wildman–Crippen MR) is 167 cm³/mol. The van der Waals surface area contributed by atoms with E-state index in [0.717, 1.165) is 68.5 Å². The van der Waals surface area contributed by atoms with Crippen LogP contribution in [0.15, 0.2) is 73.3 Å². The highest BCUT2D eigenvalue weighted by atomic mass is 19.1. The molecule has 0 bridgehead atoms. The van der Waals surface area contributed by atoms with Crippen LogP contribution in [0.25, 0.3) is 11.3 Å². The molecule has 0 fully saturated rings. The van der Waals surface area contributed by atoms with Crippen molar-refractivity contribution < 1.29 is 19.0 Å². The van der Waals surface area contributed by atoms with Gasteiger partial charge in [0.15, 0.2) is 0 Å². The topological polar surface area (TPSA) is 125 Å². The zero-order chi connectivity index (χ0) is 30.6. The molecule has 1 aliphatic heterocycles. The number of anilines is 2. The number of carbonyl (C=O) groups is 1. The molecule has 4 aromatic rings. The molecular weight excluding hydrogens is 561 g/mol. The molecule has 11 heteroatoms. The van der Waals surface area contributed by atoms with Gasteiger partial charge in [0.2, 0.25) is 0 Å². The minimum Gasteiger partial charge on any atom is -0.491 e. The lowest BCUT2D eigenvalue weighted by atomic mass is 10.1. The molecule has 1 aromatic carbocycles. The summed E-state index contributed by atoms with van der Waals surface area (Å²) in [6.45, 7) is 3.11. The summed E-state index contributed by atoms with van der Waals surface area (Å²) in [4.78, 5) is 31.8. The molecule has 44 heavy (non-hydrogen) atoms. The second kappa shape index (κ2) is 15.7. The number of nitrogens with one attached hydrogen (secondary N) is 2. The van der Waals surface area contributed by atoms with E-state index in [1.54, 1.807) is 12.4 Å². The van der Waals surface area contributed by atoms with Gasteiger partial charge in [-0.25, -0.2) is 19.2 Å². The summed E-state index contributed by atoms with van der Waals surface area (Å²) in [5.74, 6) is 0.344. The molecule has 5 rings (SSSR count). The van der Waals surface area contributed by atoms with Crippen molar-refractivity contribution in [3.8, 4) is 17.0 Å². The fourth-order valence-electron chi connectivity index (χ4n) is 5.16. The second-order valence-electron chi connectivity index (χ2n) is 10.8. The Morgan fingerprint density at radius 2 is 1.93 bits per heavy atom. The summed E-state index contributed by atoms with van der Waals surface area (Å²) in [7, 11) is 0. The van der Waals surface area contributed by atoms with Crippen LogP contribution in [0.4, 0.5) is 16.0 Å². The van der Waals surface area contributed by atoms with Gasteiger partial charge in [-0.1, -0.05) is 36.4 Å². The molecule has 0 radical (unpaired) electrons. The maximum absolute atomic E-state index is 13.5. The molecule has 0 amide bonds. The smallest absolute Gasteiger partial charge is 0.326 e. The van der Waals surface area contributed by atoms with E-state index in [4.69, 9.17) is 9.72 Å². The Bertz CT molecular complexity index is 1490. The molecule has 230 valence electrons. The number of pyridine rings is 2. The van der Waals surface area contributed by atoms with E-state index in [0.29, 0.717) is 43.4 Å². The molecule has 0 saturated heterocycles. The number of aliphatic carboxylic acids is 1. The lowest BCUT2D eigenvalue weighted by Gasteiger charge is -2.24. The molecule has 1 atom stereocenters. The quantitative estimate of drug-likeness (QED) is 0.150. The lowest BCUT2D eigenvalue weighted by Crippen LogP contribution is -2.37. The number of halogens is 1. The first kappa shape index (κ1) is 30.8. The Hall–Kier alpha value is -4.64. The van der Waals surface area contributed by atoms with Crippen LogP contribution in [0.2, 0.25) is 0 Å². The Kier molecular flexibility index (Phi) is 11.0. The number of carboxylic acids is 1. The summed E-state index contributed by atoms with van der Waals surface area (Å²) in [5.41, 5.74) is 4.00. The van der Waals surface area contributed by atoms with Gasteiger partial charge in [-0.05, 0) is 56.7 Å². The first-order valence-electron chi connectivity index (χ1n) is 15.1. The highest BCUT2D eigenvalue weighted by molar-refractivity contribution is 5.76. The third-order valence-corrected chi connectivity index (χ3v) is 7.54. The third-order valence-electron chi connectivity index (χ3n) is 7.54. The third kappa shape index (κ3) is 9.18. The van der Waals surface area contributed by atoms with Crippen LogP contribution in [0.3, 0.4) is 0 Å². The van der Waals surface area contributed by atoms with Gasteiger partial charge in [0, 0.05) is 37.0 Å². The number of aromatic nitrogens is 4. The minimum atomic E-state index is -0.965. The number of hydrogen-bond donors (Lipinski definition) is 3. The summed E-state index contributed by atoms with van der Waals surface area (Å²) < 4.78 is 19.3. The Labute approximate surface area is 256 Å². The second-order valence-corrected chi connectivity index (χ2v) is 10.8. The van der Waals surface area contributed by atoms with Crippen molar-refractivity contribution in [3.63, 3.8) is 0 Å². The van der Waals surface area contributed by atoms with Gasteiger partial charge in [-0.15, -0.1) is 0 Å². The molecule has 4 heterocycles. The van der Waals surface area contributed by atoms with E-state index < -0.39 is 17.8 Å². The summed E-state index contributed by atoms with van der Waals surface area (Å²) in [6, 6.07) is 14.4. The average Bonchev–Trinajstić information content (AvgIpc) is 3.05. The molecule has 0 spiro atoms. The maximum atomic E-state index is 13.5. The van der Waals surface area contributed by atoms with Gasteiger partial charge in [-0.2, -0.15) is 0 Å². The van der Waals surface area contributed by atoms with E-state index in [-0.39, 0.29) is 0 Å². The molecule has 1 unspecified atom stereocenters. The predicted octanol–water partition coefficient (Wildman–Crippen LogP) is 5.09. The van der Waals surface area contributed by atoms with Crippen molar-refractivity contribution in [2.75, 3.05) is 43.4 Å². The highest BCUT2D eigenvalue weighted by Crippen LogP contribution is 2.21. The first-order valence-corrected chi connectivity index (χ1v) is 15.1. The van der Waals surface area contributed by atoms with Crippen LogP contribution in [0.5, 0.6) is 5.75 Å². The molecule has 3 aromatic heterocycles. The minimum absolute atomic E-state index is 0.320. The van der Waals surface area contributed by atoms with Crippen LogP contribution in [-0.2, 0) is 17.6 Å². The van der Waals surface area contributed by atoms with E-state index in [9.17, 15) is 14.3 Å². The number of nitrogens with zero attached hydrogens (tertiary/aromatic N) is 5. The van der Waals surface area contributed by atoms with Crippen molar-refractivity contribution in [3.05, 3.63) is 90.4 Å². The summed E-state index contributed by atoms with van der Waals surface area (Å²) >= 11 is 0. The van der Waals surface area contributed by atoms with Crippen molar-refractivity contribution in [2.24, 2.45) is 0 Å². The lowest BCUT2D eigenvalue weighted by molar-refractivity contribution is -0.138. The average molecular weight is 600 g/mol. The Morgan fingerprint density at radius 1 is 1.05 bits per heavy atom. The first-order chi connectivity index (χ1) is 21.5. The van der Waals surface area contributed by atoms with Gasteiger partial charge in [0.25, 0.3) is 0 Å². The number of carboxylic acid groups (broad SMARTS) is 1. The molecule has 3 N–H and O–H groups in total. The van der Waals surface area contributed by atoms with E-state index >= 15 is 0 Å². The molecular formula is C33H38FN7O3. The van der Waals surface area contributed by atoms with Gasteiger partial charge in [0.1, 0.15) is 35.9 Å². The summed E-state index contributed by atoms with van der Waals surface area (Å²) in [5, 5.41) is 16.4. The van der Waals surface area contributed by atoms with Gasteiger partial charge < -0.3 is 20.5 Å². The Balaban J connectivity index is 1.15. The van der Waals surface area contributed by atoms with Crippen molar-refractivity contribution >= 4 is 17.6 Å². The molecule has 0 saturated carbocycles. The fraction of sp³-hybridized carbons (Fsp3) is 0.364. The SMILES string of the molecule is O=C(O)C(CCN(CCCCc1ccc2c(n1)NCCC2)CCOc1cncc(F)c1)Nc1cnc(-c2ccccc2)cn1. The van der Waals surface area contributed by atoms with Gasteiger partial charge in [0.05, 0.1) is 30.5 Å². The summed E-state index contributed by atoms with van der Waals surface area (Å²) in [6.07, 6.45) is 11.1. The van der Waals surface area contributed by atoms with Gasteiger partial charge >= 0.3 is 5.97 Å². The fourth-order valence-corrected chi connectivity index (χ4v) is 5.16. The number of rotatable bonds is 16. The van der Waals surface area contributed by atoms with Crippen LogP contribution in [0, 0.1) is 5.82 Å². The zero-order valence-corrected chi connectivity index (χ0v) is 24.7.